The monoisotopic (exact) mass is 582 g/mol. The zero-order valence-electron chi connectivity index (χ0n) is 26.1. The number of fused-ring (bicyclic) bond motifs is 1. The van der Waals surface area contributed by atoms with E-state index in [4.69, 9.17) is 25.4 Å². The molecule has 3 aromatic rings. The van der Waals surface area contributed by atoms with E-state index in [1.165, 1.54) is 5.56 Å². The molecule has 6 N–H and O–H groups in total. The second kappa shape index (κ2) is 14.0. The molecule has 3 rings (SSSR count). The summed E-state index contributed by atoms with van der Waals surface area (Å²) in [5.74, 6) is 1.12. The number of ether oxygens (including phenoxy) is 2. The van der Waals surface area contributed by atoms with Crippen molar-refractivity contribution in [2.24, 2.45) is 16.9 Å². The van der Waals surface area contributed by atoms with Crippen LogP contribution in [-0.4, -0.2) is 52.7 Å². The Bertz CT molecular complexity index is 1310. The standard InChI is InChI=1S/C34H50N2O6/c1-7-23-12-8-9-13-26(23)30-20-24-16-17-25(21-29(24)42-30)40-18-10-14-27(37)28(38)15-11-19-41-31(39)34(6,33(4,5)36)22-32(2,3)35/h8-9,12-13,16-17,20-21,27-28,37-38H,7,10-11,14-15,18-19,22,35-36H2,1-6H3. The van der Waals surface area contributed by atoms with Crippen molar-refractivity contribution < 1.29 is 28.9 Å². The first kappa shape index (κ1) is 33.6. The van der Waals surface area contributed by atoms with Crippen LogP contribution in [0.2, 0.25) is 0 Å². The van der Waals surface area contributed by atoms with Crippen molar-refractivity contribution in [1.82, 2.24) is 0 Å². The number of hydrogen-bond donors (Lipinski definition) is 4. The van der Waals surface area contributed by atoms with Gasteiger partial charge >= 0.3 is 5.97 Å². The molecule has 3 atom stereocenters. The summed E-state index contributed by atoms with van der Waals surface area (Å²) >= 11 is 0. The van der Waals surface area contributed by atoms with Crippen LogP contribution in [-0.2, 0) is 16.0 Å². The lowest BCUT2D eigenvalue weighted by Crippen LogP contribution is -2.58. The largest absolute Gasteiger partial charge is 0.493 e. The summed E-state index contributed by atoms with van der Waals surface area (Å²) in [5.41, 5.74) is 13.2. The maximum atomic E-state index is 12.9. The molecule has 0 amide bonds. The van der Waals surface area contributed by atoms with Gasteiger partial charge in [0.25, 0.3) is 0 Å². The number of rotatable bonds is 16. The lowest BCUT2D eigenvalue weighted by Gasteiger charge is -2.42. The molecule has 0 spiro atoms. The summed E-state index contributed by atoms with van der Waals surface area (Å²) in [4.78, 5) is 12.9. The number of nitrogens with two attached hydrogens (primary N) is 2. The lowest BCUT2D eigenvalue weighted by atomic mass is 9.67. The molecule has 0 aliphatic heterocycles. The highest BCUT2D eigenvalue weighted by atomic mass is 16.5. The molecule has 0 radical (unpaired) electrons. The van der Waals surface area contributed by atoms with E-state index in [0.717, 1.165) is 28.7 Å². The van der Waals surface area contributed by atoms with E-state index in [-0.39, 0.29) is 6.61 Å². The number of hydrogen-bond acceptors (Lipinski definition) is 8. The Morgan fingerprint density at radius 1 is 0.929 bits per heavy atom. The highest BCUT2D eigenvalue weighted by molar-refractivity contribution is 5.84. The molecule has 8 heteroatoms. The van der Waals surface area contributed by atoms with E-state index in [1.54, 1.807) is 20.8 Å². The van der Waals surface area contributed by atoms with Crippen molar-refractivity contribution in [2.45, 2.75) is 103 Å². The van der Waals surface area contributed by atoms with E-state index in [9.17, 15) is 15.0 Å². The van der Waals surface area contributed by atoms with Crippen LogP contribution in [0.5, 0.6) is 5.75 Å². The highest BCUT2D eigenvalue weighted by Crippen LogP contribution is 2.38. The van der Waals surface area contributed by atoms with Crippen LogP contribution in [0.25, 0.3) is 22.3 Å². The Labute approximate surface area is 250 Å². The van der Waals surface area contributed by atoms with Gasteiger partial charge in [0.15, 0.2) is 0 Å². The summed E-state index contributed by atoms with van der Waals surface area (Å²) in [6.45, 7) is 11.7. The van der Waals surface area contributed by atoms with Gasteiger partial charge in [-0.05, 0) is 96.9 Å². The second-order valence-corrected chi connectivity index (χ2v) is 12.9. The van der Waals surface area contributed by atoms with Crippen molar-refractivity contribution in [3.8, 4) is 17.1 Å². The molecule has 0 fully saturated rings. The van der Waals surface area contributed by atoms with Gasteiger partial charge in [0.2, 0.25) is 0 Å². The predicted octanol–water partition coefficient (Wildman–Crippen LogP) is 5.74. The number of aliphatic hydroxyl groups excluding tert-OH is 2. The lowest BCUT2D eigenvalue weighted by molar-refractivity contribution is -0.160. The van der Waals surface area contributed by atoms with Crippen LogP contribution in [0.15, 0.2) is 52.9 Å². The molecular formula is C34H50N2O6. The summed E-state index contributed by atoms with van der Waals surface area (Å²) in [6.07, 6.45) is 1.15. The van der Waals surface area contributed by atoms with Crippen LogP contribution in [0, 0.1) is 5.41 Å². The van der Waals surface area contributed by atoms with E-state index >= 15 is 0 Å². The molecular weight excluding hydrogens is 532 g/mol. The molecule has 1 aromatic heterocycles. The molecule has 0 bridgehead atoms. The van der Waals surface area contributed by atoms with Gasteiger partial charge < -0.3 is 35.6 Å². The zero-order valence-corrected chi connectivity index (χ0v) is 26.1. The van der Waals surface area contributed by atoms with Crippen molar-refractivity contribution >= 4 is 16.9 Å². The van der Waals surface area contributed by atoms with Crippen LogP contribution in [0.1, 0.15) is 79.2 Å². The first-order valence-electron chi connectivity index (χ1n) is 15.0. The van der Waals surface area contributed by atoms with Crippen LogP contribution in [0.3, 0.4) is 0 Å². The first-order valence-corrected chi connectivity index (χ1v) is 15.0. The summed E-state index contributed by atoms with van der Waals surface area (Å²) < 4.78 is 17.6. The SMILES string of the molecule is CCc1ccccc1-c1cc2ccc(OCCCC(O)C(O)CCCOC(=O)C(C)(CC(C)(C)N)C(C)(C)N)cc2o1. The van der Waals surface area contributed by atoms with E-state index in [2.05, 4.69) is 19.1 Å². The van der Waals surface area contributed by atoms with Gasteiger partial charge in [-0.3, -0.25) is 4.79 Å². The van der Waals surface area contributed by atoms with E-state index in [0.29, 0.717) is 44.5 Å². The number of aliphatic hydroxyl groups is 2. The van der Waals surface area contributed by atoms with Crippen molar-refractivity contribution in [2.75, 3.05) is 13.2 Å². The maximum absolute atomic E-state index is 12.9. The predicted molar refractivity (Wildman–Crippen MR) is 167 cm³/mol. The average molecular weight is 583 g/mol. The van der Waals surface area contributed by atoms with Crippen molar-refractivity contribution in [1.29, 1.82) is 0 Å². The normalized spacial score (nSPS) is 15.3. The van der Waals surface area contributed by atoms with Gasteiger partial charge in [0.1, 0.15) is 17.1 Å². The second-order valence-electron chi connectivity index (χ2n) is 12.9. The molecule has 2 aromatic carbocycles. The number of aryl methyl sites for hydroxylation is 1. The summed E-state index contributed by atoms with van der Waals surface area (Å²) in [6, 6.07) is 16.0. The van der Waals surface area contributed by atoms with Crippen molar-refractivity contribution in [3.05, 3.63) is 54.1 Å². The number of esters is 1. The molecule has 0 aliphatic carbocycles. The topological polar surface area (TPSA) is 141 Å². The molecule has 232 valence electrons. The Kier molecular flexibility index (Phi) is 11.2. The quantitative estimate of drug-likeness (QED) is 0.124. The molecule has 3 unspecified atom stereocenters. The molecule has 1 heterocycles. The van der Waals surface area contributed by atoms with E-state index in [1.807, 2.05) is 50.2 Å². The van der Waals surface area contributed by atoms with Gasteiger partial charge in [-0.1, -0.05) is 31.2 Å². The summed E-state index contributed by atoms with van der Waals surface area (Å²) in [7, 11) is 0. The van der Waals surface area contributed by atoms with E-state index < -0.39 is 34.7 Å². The molecule has 0 aliphatic rings. The Hall–Kier alpha value is -2.91. The minimum absolute atomic E-state index is 0.128. The number of benzene rings is 2. The smallest absolute Gasteiger partial charge is 0.313 e. The Morgan fingerprint density at radius 2 is 1.57 bits per heavy atom. The number of carbonyl (C=O) groups excluding carboxylic acids is 1. The van der Waals surface area contributed by atoms with Crippen LogP contribution < -0.4 is 16.2 Å². The first-order chi connectivity index (χ1) is 19.6. The number of carbonyl (C=O) groups is 1. The Balaban J connectivity index is 1.41. The maximum Gasteiger partial charge on any atom is 0.313 e. The van der Waals surface area contributed by atoms with Gasteiger partial charge in [-0.2, -0.15) is 0 Å². The minimum Gasteiger partial charge on any atom is -0.493 e. The fourth-order valence-electron chi connectivity index (χ4n) is 5.26. The fraction of sp³-hybridized carbons (Fsp3) is 0.559. The van der Waals surface area contributed by atoms with Crippen LogP contribution >= 0.6 is 0 Å². The molecule has 0 saturated carbocycles. The number of furan rings is 1. The van der Waals surface area contributed by atoms with Crippen LogP contribution in [0.4, 0.5) is 0 Å². The molecule has 42 heavy (non-hydrogen) atoms. The van der Waals surface area contributed by atoms with Gasteiger partial charge in [0.05, 0.1) is 30.8 Å². The molecule has 0 saturated heterocycles. The highest BCUT2D eigenvalue weighted by Gasteiger charge is 2.48. The average Bonchev–Trinajstić information content (AvgIpc) is 3.34. The Morgan fingerprint density at radius 3 is 2.19 bits per heavy atom. The van der Waals surface area contributed by atoms with Gasteiger partial charge in [-0.25, -0.2) is 0 Å². The fourth-order valence-corrected chi connectivity index (χ4v) is 5.26. The van der Waals surface area contributed by atoms with Gasteiger partial charge in [0, 0.05) is 28.1 Å². The third kappa shape index (κ3) is 8.80. The zero-order chi connectivity index (χ0) is 31.1. The third-order valence-electron chi connectivity index (χ3n) is 8.07. The molecule has 8 nitrogen and oxygen atoms in total. The summed E-state index contributed by atoms with van der Waals surface area (Å²) in [5, 5.41) is 21.8. The van der Waals surface area contributed by atoms with Crippen molar-refractivity contribution in [3.63, 3.8) is 0 Å². The third-order valence-corrected chi connectivity index (χ3v) is 8.07. The minimum atomic E-state index is -0.965. The van der Waals surface area contributed by atoms with Gasteiger partial charge in [-0.15, -0.1) is 0 Å².